The van der Waals surface area contributed by atoms with E-state index < -0.39 is 0 Å². The summed E-state index contributed by atoms with van der Waals surface area (Å²) < 4.78 is 5.38. The van der Waals surface area contributed by atoms with Gasteiger partial charge in [0.15, 0.2) is 0 Å². The molecule has 0 N–H and O–H groups in total. The van der Waals surface area contributed by atoms with E-state index in [2.05, 4.69) is 0 Å². The Morgan fingerprint density at radius 1 is 1.36 bits per heavy atom. The van der Waals surface area contributed by atoms with Gasteiger partial charge in [0.2, 0.25) is 0 Å². The van der Waals surface area contributed by atoms with Crippen molar-refractivity contribution in [3.05, 3.63) is 11.1 Å². The van der Waals surface area contributed by atoms with E-state index in [1.807, 2.05) is 20.8 Å². The Labute approximate surface area is 85.3 Å². The van der Waals surface area contributed by atoms with Crippen LogP contribution in [0.25, 0.3) is 0 Å². The number of esters is 1. The van der Waals surface area contributed by atoms with Crippen molar-refractivity contribution >= 4 is 5.97 Å². The molecule has 0 amide bonds. The lowest BCUT2D eigenvalue weighted by Crippen LogP contribution is -2.25. The van der Waals surface area contributed by atoms with Crippen LogP contribution in [0.5, 0.6) is 0 Å². The van der Waals surface area contributed by atoms with Gasteiger partial charge in [0.25, 0.3) is 0 Å². The van der Waals surface area contributed by atoms with Gasteiger partial charge in [0.1, 0.15) is 5.60 Å². The summed E-state index contributed by atoms with van der Waals surface area (Å²) in [5.41, 5.74) is 1.99. The summed E-state index contributed by atoms with van der Waals surface area (Å²) in [6.07, 6.45) is 4.51. The Morgan fingerprint density at radius 2 is 2.07 bits per heavy atom. The maximum Gasteiger partial charge on any atom is 0.334 e. The molecule has 1 fully saturated rings. The van der Waals surface area contributed by atoms with Crippen LogP contribution in [0.1, 0.15) is 46.5 Å². The molecule has 2 bridgehead atoms. The summed E-state index contributed by atoms with van der Waals surface area (Å²) >= 11 is 0. The van der Waals surface area contributed by atoms with Crippen molar-refractivity contribution in [3.63, 3.8) is 0 Å². The highest BCUT2D eigenvalue weighted by atomic mass is 16.6. The minimum atomic E-state index is -0.355. The molecule has 14 heavy (non-hydrogen) atoms. The molecule has 0 aromatic carbocycles. The molecule has 0 spiro atoms. The first kappa shape index (κ1) is 9.75. The molecule has 0 aliphatic heterocycles. The van der Waals surface area contributed by atoms with Crippen molar-refractivity contribution in [3.8, 4) is 0 Å². The predicted octanol–water partition coefficient (Wildman–Crippen LogP) is 2.83. The van der Waals surface area contributed by atoms with Crippen molar-refractivity contribution in [2.45, 2.75) is 52.1 Å². The van der Waals surface area contributed by atoms with Crippen molar-refractivity contribution in [1.82, 2.24) is 0 Å². The van der Waals surface area contributed by atoms with Crippen LogP contribution < -0.4 is 0 Å². The third-order valence-electron chi connectivity index (χ3n) is 2.95. The van der Waals surface area contributed by atoms with Gasteiger partial charge in [-0.15, -0.1) is 0 Å². The van der Waals surface area contributed by atoms with Gasteiger partial charge in [0.05, 0.1) is 0 Å². The molecule has 1 unspecified atom stereocenters. The number of rotatable bonds is 1. The van der Waals surface area contributed by atoms with Gasteiger partial charge in [-0.1, -0.05) is 5.57 Å². The topological polar surface area (TPSA) is 26.3 Å². The van der Waals surface area contributed by atoms with Gasteiger partial charge >= 0.3 is 5.97 Å². The summed E-state index contributed by atoms with van der Waals surface area (Å²) in [4.78, 5) is 11.8. The van der Waals surface area contributed by atoms with E-state index in [9.17, 15) is 4.79 Å². The first-order chi connectivity index (χ1) is 6.46. The first-order valence-corrected chi connectivity index (χ1v) is 5.40. The molecule has 2 aliphatic carbocycles. The number of hydrogen-bond donors (Lipinski definition) is 0. The highest BCUT2D eigenvalue weighted by Crippen LogP contribution is 2.44. The molecule has 0 radical (unpaired) electrons. The van der Waals surface area contributed by atoms with E-state index in [0.29, 0.717) is 0 Å². The predicted molar refractivity (Wildman–Crippen MR) is 54.8 cm³/mol. The third kappa shape index (κ3) is 1.84. The average molecular weight is 194 g/mol. The largest absolute Gasteiger partial charge is 0.457 e. The fraction of sp³-hybridized carbons (Fsp3) is 0.750. The molecular formula is C12H18O2. The van der Waals surface area contributed by atoms with E-state index in [1.165, 1.54) is 12.0 Å². The Balaban J connectivity index is 2.06. The van der Waals surface area contributed by atoms with Gasteiger partial charge in [-0.2, -0.15) is 0 Å². The van der Waals surface area contributed by atoms with Gasteiger partial charge in [-0.05, 0) is 52.4 Å². The van der Waals surface area contributed by atoms with Gasteiger partial charge in [-0.3, -0.25) is 0 Å². The van der Waals surface area contributed by atoms with Gasteiger partial charge in [0, 0.05) is 5.57 Å². The standard InChI is InChI=1S/C12H18O2/c1-12(2,3)14-11(13)10-7-8-4-5-9(10)6-8/h8H,4-7H2,1-3H3. The van der Waals surface area contributed by atoms with E-state index in [-0.39, 0.29) is 11.6 Å². The second-order valence-electron chi connectivity index (χ2n) is 5.40. The smallest absolute Gasteiger partial charge is 0.334 e. The maximum atomic E-state index is 11.8. The molecule has 78 valence electrons. The molecule has 2 rings (SSSR count). The van der Waals surface area contributed by atoms with Crippen molar-refractivity contribution in [1.29, 1.82) is 0 Å². The number of carbonyl (C=O) groups is 1. The second-order valence-corrected chi connectivity index (χ2v) is 5.40. The van der Waals surface area contributed by atoms with Crippen molar-refractivity contribution in [2.75, 3.05) is 0 Å². The zero-order chi connectivity index (χ0) is 10.3. The number of fused-ring (bicyclic) bond motifs is 2. The summed E-state index contributed by atoms with van der Waals surface area (Å²) in [6, 6.07) is 0. The zero-order valence-electron chi connectivity index (χ0n) is 9.22. The lowest BCUT2D eigenvalue weighted by molar-refractivity contribution is -0.150. The Hall–Kier alpha value is -0.790. The van der Waals surface area contributed by atoms with E-state index in [1.54, 1.807) is 0 Å². The van der Waals surface area contributed by atoms with Crippen LogP contribution in [0.4, 0.5) is 0 Å². The Kier molecular flexibility index (Phi) is 2.17. The van der Waals surface area contributed by atoms with Crippen molar-refractivity contribution < 1.29 is 9.53 Å². The summed E-state index contributed by atoms with van der Waals surface area (Å²) in [7, 11) is 0. The molecular weight excluding hydrogens is 176 g/mol. The minimum Gasteiger partial charge on any atom is -0.457 e. The van der Waals surface area contributed by atoms with Crippen LogP contribution in [-0.4, -0.2) is 11.6 Å². The monoisotopic (exact) mass is 194 g/mol. The van der Waals surface area contributed by atoms with E-state index >= 15 is 0 Å². The van der Waals surface area contributed by atoms with Crippen LogP contribution in [0.2, 0.25) is 0 Å². The highest BCUT2D eigenvalue weighted by Gasteiger charge is 2.35. The molecule has 2 aliphatic rings. The van der Waals surface area contributed by atoms with Crippen LogP contribution in [0.3, 0.4) is 0 Å². The molecule has 2 heteroatoms. The molecule has 0 aromatic heterocycles. The molecule has 0 saturated heterocycles. The first-order valence-electron chi connectivity index (χ1n) is 5.40. The fourth-order valence-corrected chi connectivity index (χ4v) is 2.38. The minimum absolute atomic E-state index is 0.0744. The Bertz CT molecular complexity index is 294. The van der Waals surface area contributed by atoms with Crippen LogP contribution in [0.15, 0.2) is 11.1 Å². The van der Waals surface area contributed by atoms with Crippen LogP contribution in [0, 0.1) is 5.92 Å². The Morgan fingerprint density at radius 3 is 2.50 bits per heavy atom. The zero-order valence-corrected chi connectivity index (χ0v) is 9.22. The molecule has 0 aromatic rings. The lowest BCUT2D eigenvalue weighted by Gasteiger charge is -2.21. The number of hydrogen-bond acceptors (Lipinski definition) is 2. The maximum absolute atomic E-state index is 11.8. The number of ether oxygens (including phenoxy) is 1. The van der Waals surface area contributed by atoms with E-state index in [0.717, 1.165) is 30.8 Å². The van der Waals surface area contributed by atoms with Crippen LogP contribution in [-0.2, 0) is 9.53 Å². The van der Waals surface area contributed by atoms with Gasteiger partial charge in [-0.25, -0.2) is 4.79 Å². The average Bonchev–Trinajstić information content (AvgIpc) is 2.59. The highest BCUT2D eigenvalue weighted by molar-refractivity contribution is 5.90. The summed E-state index contributed by atoms with van der Waals surface area (Å²) in [5, 5.41) is 0. The molecule has 2 nitrogen and oxygen atoms in total. The summed E-state index contributed by atoms with van der Waals surface area (Å²) in [6.45, 7) is 5.76. The van der Waals surface area contributed by atoms with E-state index in [4.69, 9.17) is 4.74 Å². The molecule has 0 heterocycles. The third-order valence-corrected chi connectivity index (χ3v) is 2.95. The number of carbonyl (C=O) groups excluding carboxylic acids is 1. The SMILES string of the molecule is CC(C)(C)OC(=O)C1=C2CCC(C2)C1. The quantitative estimate of drug-likeness (QED) is 0.600. The molecule has 1 saturated carbocycles. The number of allylic oxidation sites excluding steroid dienone is 1. The van der Waals surface area contributed by atoms with Gasteiger partial charge < -0.3 is 4.74 Å². The second kappa shape index (κ2) is 3.11. The summed E-state index contributed by atoms with van der Waals surface area (Å²) in [5.74, 6) is 0.669. The lowest BCUT2D eigenvalue weighted by atomic mass is 9.99. The van der Waals surface area contributed by atoms with Crippen molar-refractivity contribution in [2.24, 2.45) is 5.92 Å². The van der Waals surface area contributed by atoms with Crippen LogP contribution >= 0.6 is 0 Å². The molecule has 1 atom stereocenters. The normalized spacial score (nSPS) is 25.8. The fourth-order valence-electron chi connectivity index (χ4n) is 2.38.